The molecule has 1 aromatic carbocycles. The molecule has 37 heavy (non-hydrogen) atoms. The third-order valence-electron chi connectivity index (χ3n) is 6.93. The van der Waals surface area contributed by atoms with Crippen LogP contribution < -0.4 is 27.4 Å². The SMILES string of the molecule is CCC(C)[C@H](N)C(=O)N[C@H](C(=O)N[C@@H](Cc1c[nH]c2ccccc12)C(=O)N[C@@H](CS)C(N)=O)C(C)CC. The molecule has 0 bridgehead atoms. The van der Waals surface area contributed by atoms with E-state index in [0.717, 1.165) is 16.5 Å². The molecule has 6 atom stereocenters. The van der Waals surface area contributed by atoms with Gasteiger partial charge >= 0.3 is 0 Å². The number of hydrogen-bond donors (Lipinski definition) is 7. The smallest absolute Gasteiger partial charge is 0.243 e. The number of rotatable bonds is 14. The van der Waals surface area contributed by atoms with Crippen LogP contribution in [-0.2, 0) is 25.6 Å². The van der Waals surface area contributed by atoms with Gasteiger partial charge in [-0.25, -0.2) is 0 Å². The Hall–Kier alpha value is -3.05. The van der Waals surface area contributed by atoms with E-state index in [1.807, 2.05) is 52.0 Å². The number of H-pyrrole nitrogens is 1. The number of amides is 4. The molecule has 0 fully saturated rings. The minimum Gasteiger partial charge on any atom is -0.368 e. The molecule has 1 heterocycles. The minimum atomic E-state index is -1.04. The van der Waals surface area contributed by atoms with Crippen LogP contribution in [0.25, 0.3) is 10.9 Å². The normalized spacial score (nSPS) is 16.2. The van der Waals surface area contributed by atoms with E-state index in [4.69, 9.17) is 11.5 Å². The molecule has 2 aromatic rings. The maximum absolute atomic E-state index is 13.5. The van der Waals surface area contributed by atoms with E-state index < -0.39 is 47.8 Å². The third-order valence-corrected chi connectivity index (χ3v) is 7.29. The van der Waals surface area contributed by atoms with Gasteiger partial charge in [0.2, 0.25) is 23.6 Å². The van der Waals surface area contributed by atoms with E-state index in [1.165, 1.54) is 0 Å². The predicted octanol–water partition coefficient (Wildman–Crippen LogP) is 0.999. The Morgan fingerprint density at radius 1 is 0.919 bits per heavy atom. The highest BCUT2D eigenvalue weighted by molar-refractivity contribution is 7.80. The number of aromatic amines is 1. The zero-order chi connectivity index (χ0) is 27.7. The summed E-state index contributed by atoms with van der Waals surface area (Å²) in [6.07, 6.45) is 3.25. The Kier molecular flexibility index (Phi) is 11.4. The van der Waals surface area contributed by atoms with Crippen LogP contribution in [0.4, 0.5) is 0 Å². The average Bonchev–Trinajstić information content (AvgIpc) is 3.30. The van der Waals surface area contributed by atoms with Crippen LogP contribution in [0.3, 0.4) is 0 Å². The van der Waals surface area contributed by atoms with Crippen LogP contribution in [0.1, 0.15) is 46.1 Å². The molecule has 0 aliphatic rings. The second-order valence-corrected chi connectivity index (χ2v) is 9.92. The summed E-state index contributed by atoms with van der Waals surface area (Å²) >= 11 is 4.09. The van der Waals surface area contributed by atoms with Gasteiger partial charge in [0.05, 0.1) is 6.04 Å². The Labute approximate surface area is 223 Å². The number of primary amides is 1. The summed E-state index contributed by atoms with van der Waals surface area (Å²) < 4.78 is 0. The van der Waals surface area contributed by atoms with Crippen molar-refractivity contribution in [2.75, 3.05) is 5.75 Å². The van der Waals surface area contributed by atoms with Crippen LogP contribution in [0, 0.1) is 11.8 Å². The van der Waals surface area contributed by atoms with Crippen LogP contribution in [0.2, 0.25) is 0 Å². The monoisotopic (exact) mass is 532 g/mol. The summed E-state index contributed by atoms with van der Waals surface area (Å²) in [4.78, 5) is 54.4. The molecule has 10 nitrogen and oxygen atoms in total. The largest absolute Gasteiger partial charge is 0.368 e. The number of benzene rings is 1. The van der Waals surface area contributed by atoms with Crippen molar-refractivity contribution in [2.45, 2.75) is 71.1 Å². The summed E-state index contributed by atoms with van der Waals surface area (Å²) in [7, 11) is 0. The predicted molar refractivity (Wildman–Crippen MR) is 148 cm³/mol. The number of para-hydroxylation sites is 1. The standard InChI is InChI=1S/C26H40N6O4S/c1-5-14(3)21(27)25(35)32-22(15(4)6-2)26(36)30-19(24(34)31-20(13-37)23(28)33)11-16-12-29-18-10-8-7-9-17(16)18/h7-10,12,14-15,19-22,29,37H,5-6,11,13,27H2,1-4H3,(H2,28,33)(H,30,36)(H,31,34)(H,32,35)/t14?,15?,19-,20-,21-,22-/m0/s1. The van der Waals surface area contributed by atoms with Gasteiger partial charge in [-0.1, -0.05) is 58.7 Å². The summed E-state index contributed by atoms with van der Waals surface area (Å²) in [5.41, 5.74) is 13.2. The highest BCUT2D eigenvalue weighted by Crippen LogP contribution is 2.20. The highest BCUT2D eigenvalue weighted by Gasteiger charge is 2.33. The van der Waals surface area contributed by atoms with E-state index >= 15 is 0 Å². The van der Waals surface area contributed by atoms with Gasteiger partial charge in [-0.05, 0) is 23.5 Å². The molecular weight excluding hydrogens is 492 g/mol. The van der Waals surface area contributed by atoms with Crippen LogP contribution in [0.15, 0.2) is 30.5 Å². The molecule has 11 heteroatoms. The lowest BCUT2D eigenvalue weighted by Gasteiger charge is -2.28. The van der Waals surface area contributed by atoms with E-state index in [2.05, 4.69) is 33.6 Å². The van der Waals surface area contributed by atoms with E-state index in [9.17, 15) is 19.2 Å². The first-order chi connectivity index (χ1) is 17.5. The molecule has 8 N–H and O–H groups in total. The Morgan fingerprint density at radius 2 is 1.54 bits per heavy atom. The van der Waals surface area contributed by atoms with E-state index in [1.54, 1.807) is 6.20 Å². The number of aromatic nitrogens is 1. The second-order valence-electron chi connectivity index (χ2n) is 9.55. The van der Waals surface area contributed by atoms with Crippen molar-refractivity contribution in [3.05, 3.63) is 36.0 Å². The molecule has 0 aliphatic heterocycles. The first kappa shape index (κ1) is 30.2. The summed E-state index contributed by atoms with van der Waals surface area (Å²) in [5.74, 6) is -2.52. The van der Waals surface area contributed by atoms with Gasteiger partial charge in [0.15, 0.2) is 0 Å². The highest BCUT2D eigenvalue weighted by atomic mass is 32.1. The van der Waals surface area contributed by atoms with Crippen molar-refractivity contribution in [2.24, 2.45) is 23.3 Å². The maximum Gasteiger partial charge on any atom is 0.243 e. The van der Waals surface area contributed by atoms with Crippen LogP contribution in [0.5, 0.6) is 0 Å². The number of nitrogens with one attached hydrogen (secondary N) is 4. The lowest BCUT2D eigenvalue weighted by atomic mass is 9.95. The minimum absolute atomic E-state index is 0.00782. The van der Waals surface area contributed by atoms with Gasteiger partial charge in [0.25, 0.3) is 0 Å². The summed E-state index contributed by atoms with van der Waals surface area (Å²) in [6.45, 7) is 7.57. The summed E-state index contributed by atoms with van der Waals surface area (Å²) in [6, 6.07) is 3.89. The van der Waals surface area contributed by atoms with Crippen LogP contribution >= 0.6 is 12.6 Å². The zero-order valence-corrected chi connectivity index (χ0v) is 22.8. The molecule has 0 aliphatic carbocycles. The second kappa shape index (κ2) is 14.0. The third kappa shape index (κ3) is 7.96. The van der Waals surface area contributed by atoms with Crippen molar-refractivity contribution in [1.29, 1.82) is 0 Å². The van der Waals surface area contributed by atoms with Gasteiger partial charge in [0.1, 0.15) is 18.1 Å². The maximum atomic E-state index is 13.5. The Morgan fingerprint density at radius 3 is 2.14 bits per heavy atom. The van der Waals surface area contributed by atoms with Crippen LogP contribution in [-0.4, -0.2) is 58.5 Å². The fourth-order valence-corrected chi connectivity index (χ4v) is 4.21. The van der Waals surface area contributed by atoms with Crippen molar-refractivity contribution in [3.63, 3.8) is 0 Å². The lowest BCUT2D eigenvalue weighted by molar-refractivity contribution is -0.134. The molecule has 204 valence electrons. The van der Waals surface area contributed by atoms with Crippen molar-refractivity contribution in [3.8, 4) is 0 Å². The molecule has 0 saturated carbocycles. The number of carbonyl (C=O) groups excluding carboxylic acids is 4. The van der Waals surface area contributed by atoms with E-state index in [0.29, 0.717) is 12.8 Å². The molecule has 4 amide bonds. The zero-order valence-electron chi connectivity index (χ0n) is 21.9. The number of fused-ring (bicyclic) bond motifs is 1. The summed E-state index contributed by atoms with van der Waals surface area (Å²) in [5, 5.41) is 9.06. The molecule has 2 rings (SSSR count). The number of hydrogen-bond acceptors (Lipinski definition) is 6. The number of nitrogens with two attached hydrogens (primary N) is 2. The fraction of sp³-hybridized carbons (Fsp3) is 0.538. The molecule has 1 aromatic heterocycles. The quantitative estimate of drug-likeness (QED) is 0.180. The van der Waals surface area contributed by atoms with Crippen molar-refractivity contribution >= 4 is 47.2 Å². The molecule has 0 radical (unpaired) electrons. The molecule has 2 unspecified atom stereocenters. The fourth-order valence-electron chi connectivity index (χ4n) is 3.93. The van der Waals surface area contributed by atoms with Gasteiger partial charge < -0.3 is 32.4 Å². The van der Waals surface area contributed by atoms with Gasteiger partial charge in [0, 0.05) is 29.3 Å². The Balaban J connectivity index is 2.32. The van der Waals surface area contributed by atoms with Gasteiger partial charge in [-0.3, -0.25) is 19.2 Å². The Bertz CT molecular complexity index is 1090. The van der Waals surface area contributed by atoms with Crippen molar-refractivity contribution in [1.82, 2.24) is 20.9 Å². The molecule has 0 spiro atoms. The average molecular weight is 533 g/mol. The number of carbonyl (C=O) groups is 4. The first-order valence-corrected chi connectivity index (χ1v) is 13.3. The molecular formula is C26H40N6O4S. The van der Waals surface area contributed by atoms with Gasteiger partial charge in [-0.2, -0.15) is 12.6 Å². The topological polar surface area (TPSA) is 172 Å². The lowest BCUT2D eigenvalue weighted by Crippen LogP contribution is -2.60. The number of thiol groups is 1. The first-order valence-electron chi connectivity index (χ1n) is 12.7. The van der Waals surface area contributed by atoms with Crippen molar-refractivity contribution < 1.29 is 19.2 Å². The van der Waals surface area contributed by atoms with Gasteiger partial charge in [-0.15, -0.1) is 0 Å². The van der Waals surface area contributed by atoms with E-state index in [-0.39, 0.29) is 24.0 Å². The molecule has 0 saturated heterocycles.